The first-order valence-corrected chi connectivity index (χ1v) is 8.43. The molecular formula is C18H23N5O3. The number of aromatic nitrogens is 2. The van der Waals surface area contributed by atoms with Crippen LogP contribution in [0.25, 0.3) is 0 Å². The molecule has 0 radical (unpaired) electrons. The number of aryl methyl sites for hydroxylation is 1. The smallest absolute Gasteiger partial charge is 0.317 e. The highest BCUT2D eigenvalue weighted by Gasteiger charge is 2.32. The number of carbonyl (C=O) groups excluding carboxylic acids is 2. The zero-order chi connectivity index (χ0) is 18.7. The lowest BCUT2D eigenvalue weighted by Crippen LogP contribution is -2.44. The second-order valence-corrected chi connectivity index (χ2v) is 6.43. The number of H-pyrrole nitrogens is 1. The van der Waals surface area contributed by atoms with E-state index in [1.165, 1.54) is 4.90 Å². The molecule has 2 N–H and O–H groups in total. The molecule has 1 saturated heterocycles. The predicted octanol–water partition coefficient (Wildman–Crippen LogP) is 1.67. The minimum absolute atomic E-state index is 0.0205. The highest BCUT2D eigenvalue weighted by molar-refractivity contribution is 5.97. The van der Waals surface area contributed by atoms with Gasteiger partial charge < -0.3 is 24.8 Å². The summed E-state index contributed by atoms with van der Waals surface area (Å²) < 4.78 is 5.21. The molecule has 3 amide bonds. The molecule has 1 atom stereocenters. The largest absolute Gasteiger partial charge is 0.497 e. The predicted molar refractivity (Wildman–Crippen MR) is 97.1 cm³/mol. The molecule has 26 heavy (non-hydrogen) atoms. The number of urea groups is 1. The van der Waals surface area contributed by atoms with Gasteiger partial charge in [-0.25, -0.2) is 9.78 Å². The number of amides is 3. The summed E-state index contributed by atoms with van der Waals surface area (Å²) in [5.74, 6) is 1.39. The van der Waals surface area contributed by atoms with E-state index in [1.807, 2.05) is 31.2 Å². The van der Waals surface area contributed by atoms with Crippen LogP contribution < -0.4 is 15.0 Å². The van der Waals surface area contributed by atoms with Crippen LogP contribution in [-0.2, 0) is 11.3 Å². The summed E-state index contributed by atoms with van der Waals surface area (Å²) >= 11 is 0. The minimum Gasteiger partial charge on any atom is -0.497 e. The van der Waals surface area contributed by atoms with E-state index in [2.05, 4.69) is 15.3 Å². The van der Waals surface area contributed by atoms with Crippen molar-refractivity contribution in [1.29, 1.82) is 0 Å². The standard InChI is InChI=1S/C18H23N5O3/c1-12-9-19-16(20-12)11-22(2)18(25)21-13-7-17(24)23(10-13)14-5-4-6-15(8-14)26-3/h4-6,8-9,13H,7,10-11H2,1-3H3,(H,19,20)(H,21,25)/t13-/m0/s1. The lowest BCUT2D eigenvalue weighted by molar-refractivity contribution is -0.117. The molecule has 8 nitrogen and oxygen atoms in total. The van der Waals surface area contributed by atoms with E-state index in [9.17, 15) is 9.59 Å². The molecule has 0 spiro atoms. The molecule has 8 heteroatoms. The summed E-state index contributed by atoms with van der Waals surface area (Å²) in [5.41, 5.74) is 1.72. The number of ether oxygens (including phenoxy) is 1. The Hall–Kier alpha value is -3.03. The van der Waals surface area contributed by atoms with Gasteiger partial charge in [0.05, 0.1) is 19.7 Å². The molecule has 0 unspecified atom stereocenters. The molecule has 1 aromatic heterocycles. The molecule has 0 aliphatic carbocycles. The van der Waals surface area contributed by atoms with Crippen molar-refractivity contribution in [3.63, 3.8) is 0 Å². The first-order valence-electron chi connectivity index (χ1n) is 8.43. The van der Waals surface area contributed by atoms with Gasteiger partial charge in [0.2, 0.25) is 5.91 Å². The van der Waals surface area contributed by atoms with Gasteiger partial charge in [0.15, 0.2) is 0 Å². The van der Waals surface area contributed by atoms with Crippen LogP contribution in [0.3, 0.4) is 0 Å². The molecule has 138 valence electrons. The Bertz CT molecular complexity index is 804. The number of hydrogen-bond acceptors (Lipinski definition) is 4. The monoisotopic (exact) mass is 357 g/mol. The van der Waals surface area contributed by atoms with Crippen LogP contribution in [0, 0.1) is 6.92 Å². The van der Waals surface area contributed by atoms with E-state index >= 15 is 0 Å². The molecular weight excluding hydrogens is 334 g/mol. The van der Waals surface area contributed by atoms with Gasteiger partial charge in [0.1, 0.15) is 11.6 Å². The van der Waals surface area contributed by atoms with Gasteiger partial charge >= 0.3 is 6.03 Å². The quantitative estimate of drug-likeness (QED) is 0.852. The molecule has 3 rings (SSSR count). The fraction of sp³-hybridized carbons (Fsp3) is 0.389. The Morgan fingerprint density at radius 2 is 2.31 bits per heavy atom. The van der Waals surface area contributed by atoms with Crippen molar-refractivity contribution < 1.29 is 14.3 Å². The zero-order valence-corrected chi connectivity index (χ0v) is 15.2. The molecule has 0 saturated carbocycles. The number of rotatable bonds is 5. The third-order valence-electron chi connectivity index (χ3n) is 4.31. The van der Waals surface area contributed by atoms with Crippen LogP contribution in [0.5, 0.6) is 5.75 Å². The van der Waals surface area contributed by atoms with E-state index in [0.717, 1.165) is 17.2 Å². The Morgan fingerprint density at radius 3 is 3.00 bits per heavy atom. The normalized spacial score (nSPS) is 16.7. The highest BCUT2D eigenvalue weighted by Crippen LogP contribution is 2.25. The molecule has 1 aliphatic rings. The number of hydrogen-bond donors (Lipinski definition) is 2. The fourth-order valence-corrected chi connectivity index (χ4v) is 2.96. The number of aromatic amines is 1. The van der Waals surface area contributed by atoms with E-state index in [-0.39, 0.29) is 24.4 Å². The maximum Gasteiger partial charge on any atom is 0.317 e. The first-order chi connectivity index (χ1) is 12.5. The summed E-state index contributed by atoms with van der Waals surface area (Å²) in [6.07, 6.45) is 2.00. The molecule has 1 aromatic carbocycles. The molecule has 2 aromatic rings. The summed E-state index contributed by atoms with van der Waals surface area (Å²) in [6, 6.07) is 6.87. The zero-order valence-electron chi connectivity index (χ0n) is 15.2. The van der Waals surface area contributed by atoms with Gasteiger partial charge in [-0.1, -0.05) is 6.07 Å². The van der Waals surface area contributed by atoms with Crippen molar-refractivity contribution in [2.75, 3.05) is 25.6 Å². The highest BCUT2D eigenvalue weighted by atomic mass is 16.5. The molecule has 1 aliphatic heterocycles. The average Bonchev–Trinajstić information content (AvgIpc) is 3.20. The Kier molecular flexibility index (Phi) is 5.11. The number of anilines is 1. The van der Waals surface area contributed by atoms with Crippen LogP contribution in [0.1, 0.15) is 17.9 Å². The summed E-state index contributed by atoms with van der Waals surface area (Å²) in [5, 5.41) is 2.92. The van der Waals surface area contributed by atoms with E-state index in [4.69, 9.17) is 4.74 Å². The Morgan fingerprint density at radius 1 is 1.50 bits per heavy atom. The first kappa shape index (κ1) is 17.8. The fourth-order valence-electron chi connectivity index (χ4n) is 2.96. The van der Waals surface area contributed by atoms with Gasteiger partial charge in [-0.15, -0.1) is 0 Å². The van der Waals surface area contributed by atoms with E-state index < -0.39 is 0 Å². The molecule has 2 heterocycles. The third-order valence-corrected chi connectivity index (χ3v) is 4.31. The van der Waals surface area contributed by atoms with Crippen LogP contribution in [-0.4, -0.2) is 53.6 Å². The Balaban J connectivity index is 1.58. The minimum atomic E-state index is -0.234. The lowest BCUT2D eigenvalue weighted by Gasteiger charge is -2.21. The van der Waals surface area contributed by atoms with Crippen LogP contribution in [0.4, 0.5) is 10.5 Å². The molecule has 0 bridgehead atoms. The van der Waals surface area contributed by atoms with Crippen LogP contribution in [0.2, 0.25) is 0 Å². The number of benzene rings is 1. The van der Waals surface area contributed by atoms with Gasteiger partial charge in [-0.3, -0.25) is 4.79 Å². The summed E-state index contributed by atoms with van der Waals surface area (Å²) in [6.45, 7) is 2.72. The van der Waals surface area contributed by atoms with Crippen molar-refractivity contribution in [2.24, 2.45) is 0 Å². The third kappa shape index (κ3) is 3.96. The maximum absolute atomic E-state index is 12.4. The van der Waals surface area contributed by atoms with Gasteiger partial charge in [0.25, 0.3) is 0 Å². The number of methoxy groups -OCH3 is 1. The number of carbonyl (C=O) groups is 2. The van der Waals surface area contributed by atoms with Crippen molar-refractivity contribution in [3.8, 4) is 5.75 Å². The Labute approximate surface area is 152 Å². The molecule has 1 fully saturated rings. The SMILES string of the molecule is COc1cccc(N2C[C@@H](NC(=O)N(C)Cc3ncc(C)[nH]3)CC2=O)c1. The number of nitrogens with one attached hydrogen (secondary N) is 2. The van der Waals surface area contributed by atoms with Crippen molar-refractivity contribution in [1.82, 2.24) is 20.2 Å². The van der Waals surface area contributed by atoms with Crippen molar-refractivity contribution in [3.05, 3.63) is 42.0 Å². The number of nitrogens with zero attached hydrogens (tertiary/aromatic N) is 3. The number of imidazole rings is 1. The maximum atomic E-state index is 12.4. The van der Waals surface area contributed by atoms with Crippen molar-refractivity contribution >= 4 is 17.6 Å². The van der Waals surface area contributed by atoms with E-state index in [0.29, 0.717) is 18.8 Å². The second kappa shape index (κ2) is 7.47. The average molecular weight is 357 g/mol. The summed E-state index contributed by atoms with van der Waals surface area (Å²) in [7, 11) is 3.29. The lowest BCUT2D eigenvalue weighted by atomic mass is 10.2. The van der Waals surface area contributed by atoms with E-state index in [1.54, 1.807) is 25.3 Å². The van der Waals surface area contributed by atoms with Crippen LogP contribution >= 0.6 is 0 Å². The second-order valence-electron chi connectivity index (χ2n) is 6.43. The van der Waals surface area contributed by atoms with Gasteiger partial charge in [-0.05, 0) is 19.1 Å². The summed E-state index contributed by atoms with van der Waals surface area (Å²) in [4.78, 5) is 35.2. The van der Waals surface area contributed by atoms with Crippen molar-refractivity contribution in [2.45, 2.75) is 25.9 Å². The van der Waals surface area contributed by atoms with Gasteiger partial charge in [-0.2, -0.15) is 0 Å². The topological polar surface area (TPSA) is 90.6 Å². The van der Waals surface area contributed by atoms with Gasteiger partial charge in [0, 0.05) is 43.7 Å². The van der Waals surface area contributed by atoms with Crippen LogP contribution in [0.15, 0.2) is 30.5 Å².